The first kappa shape index (κ1) is 11.7. The van der Waals surface area contributed by atoms with Gasteiger partial charge in [-0.25, -0.2) is 0 Å². The third-order valence-corrected chi connectivity index (χ3v) is 2.96. The summed E-state index contributed by atoms with van der Waals surface area (Å²) in [7, 11) is 0. The van der Waals surface area contributed by atoms with E-state index in [1.54, 1.807) is 12.1 Å². The zero-order valence-electron chi connectivity index (χ0n) is 10.1. The lowest BCUT2D eigenvalue weighted by Gasteiger charge is -2.13. The lowest BCUT2D eigenvalue weighted by molar-refractivity contribution is 0.475. The average molecular weight is 226 g/mol. The van der Waals surface area contributed by atoms with E-state index in [2.05, 4.69) is 37.3 Å². The van der Waals surface area contributed by atoms with Gasteiger partial charge in [0.2, 0.25) is 0 Å². The quantitative estimate of drug-likeness (QED) is 0.813. The Balaban J connectivity index is 1.99. The zero-order valence-corrected chi connectivity index (χ0v) is 10.1. The second-order valence-electron chi connectivity index (χ2n) is 4.60. The smallest absolute Gasteiger partial charge is 0.115 e. The van der Waals surface area contributed by atoms with Crippen LogP contribution in [0.25, 0.3) is 6.08 Å². The molecule has 1 aromatic carbocycles. The van der Waals surface area contributed by atoms with Crippen molar-refractivity contribution >= 4 is 6.08 Å². The minimum atomic E-state index is 0.320. The maximum Gasteiger partial charge on any atom is 0.115 e. The van der Waals surface area contributed by atoms with Crippen LogP contribution in [-0.4, -0.2) is 5.11 Å². The summed E-state index contributed by atoms with van der Waals surface area (Å²) in [5.74, 6) is 0.952. The molecule has 0 amide bonds. The van der Waals surface area contributed by atoms with Crippen LogP contribution in [0.4, 0.5) is 0 Å². The van der Waals surface area contributed by atoms with Crippen molar-refractivity contribution in [3.05, 3.63) is 59.7 Å². The fourth-order valence-electron chi connectivity index (χ4n) is 2.11. The van der Waals surface area contributed by atoms with Gasteiger partial charge in [0, 0.05) is 0 Å². The number of aromatic hydroxyl groups is 1. The largest absolute Gasteiger partial charge is 0.508 e. The Hall–Kier alpha value is -1.76. The summed E-state index contributed by atoms with van der Waals surface area (Å²) in [5, 5.41) is 9.21. The molecule has 1 unspecified atom stereocenters. The highest BCUT2D eigenvalue weighted by molar-refractivity contribution is 5.53. The van der Waals surface area contributed by atoms with Crippen molar-refractivity contribution in [2.45, 2.75) is 19.8 Å². The summed E-state index contributed by atoms with van der Waals surface area (Å²) in [6.07, 6.45) is 13.1. The monoisotopic (exact) mass is 226 g/mol. The summed E-state index contributed by atoms with van der Waals surface area (Å²) in [6.45, 7) is 2.17. The van der Waals surface area contributed by atoms with Gasteiger partial charge in [-0.3, -0.25) is 0 Å². The summed E-state index contributed by atoms with van der Waals surface area (Å²) in [6, 6.07) is 7.33. The Morgan fingerprint density at radius 2 is 2.06 bits per heavy atom. The van der Waals surface area contributed by atoms with Crippen molar-refractivity contribution in [1.82, 2.24) is 0 Å². The van der Waals surface area contributed by atoms with E-state index in [1.165, 1.54) is 5.57 Å². The highest BCUT2D eigenvalue weighted by atomic mass is 16.3. The molecule has 1 heteroatoms. The van der Waals surface area contributed by atoms with Crippen molar-refractivity contribution < 1.29 is 5.11 Å². The molecule has 1 aromatic rings. The van der Waals surface area contributed by atoms with Crippen LogP contribution in [0.15, 0.2) is 54.1 Å². The molecule has 0 bridgehead atoms. The number of phenols is 1. The van der Waals surface area contributed by atoms with Gasteiger partial charge in [-0.1, -0.05) is 48.1 Å². The van der Waals surface area contributed by atoms with Crippen molar-refractivity contribution in [2.24, 2.45) is 5.92 Å². The molecular weight excluding hydrogens is 208 g/mol. The van der Waals surface area contributed by atoms with E-state index in [0.29, 0.717) is 11.7 Å². The van der Waals surface area contributed by atoms with Gasteiger partial charge in [0.1, 0.15) is 5.75 Å². The first-order valence-electron chi connectivity index (χ1n) is 6.03. The number of benzene rings is 1. The zero-order chi connectivity index (χ0) is 12.1. The molecule has 0 heterocycles. The predicted molar refractivity (Wildman–Crippen MR) is 72.8 cm³/mol. The first-order valence-corrected chi connectivity index (χ1v) is 6.03. The van der Waals surface area contributed by atoms with Gasteiger partial charge in [-0.15, -0.1) is 0 Å². The van der Waals surface area contributed by atoms with Gasteiger partial charge >= 0.3 is 0 Å². The third-order valence-electron chi connectivity index (χ3n) is 2.96. The van der Waals surface area contributed by atoms with Crippen LogP contribution >= 0.6 is 0 Å². The SMILES string of the molecule is CC(=Cc1ccc(O)cc1)CC1C=CC=CC1. The molecule has 1 aliphatic carbocycles. The van der Waals surface area contributed by atoms with Gasteiger partial charge in [-0.05, 0) is 43.4 Å². The molecule has 0 fully saturated rings. The molecule has 0 saturated carbocycles. The van der Waals surface area contributed by atoms with E-state index in [4.69, 9.17) is 0 Å². The molecule has 1 N–H and O–H groups in total. The van der Waals surface area contributed by atoms with Gasteiger partial charge < -0.3 is 5.11 Å². The van der Waals surface area contributed by atoms with E-state index >= 15 is 0 Å². The van der Waals surface area contributed by atoms with Crippen LogP contribution in [0.5, 0.6) is 5.75 Å². The van der Waals surface area contributed by atoms with E-state index < -0.39 is 0 Å². The Morgan fingerprint density at radius 1 is 1.29 bits per heavy atom. The maximum atomic E-state index is 9.21. The van der Waals surface area contributed by atoms with Crippen LogP contribution in [0.2, 0.25) is 0 Å². The fourth-order valence-corrected chi connectivity index (χ4v) is 2.11. The lowest BCUT2D eigenvalue weighted by Crippen LogP contribution is -1.97. The normalized spacial score (nSPS) is 19.6. The molecule has 0 spiro atoms. The summed E-state index contributed by atoms with van der Waals surface area (Å²) >= 11 is 0. The number of phenolic OH excluding ortho intramolecular Hbond substituents is 1. The molecule has 1 atom stereocenters. The average Bonchev–Trinajstić information content (AvgIpc) is 2.33. The van der Waals surface area contributed by atoms with E-state index in [0.717, 1.165) is 18.4 Å². The van der Waals surface area contributed by atoms with E-state index in [9.17, 15) is 5.11 Å². The summed E-state index contributed by atoms with van der Waals surface area (Å²) < 4.78 is 0. The standard InChI is InChI=1S/C16H18O/c1-13(11-14-5-3-2-4-6-14)12-15-7-9-16(17)10-8-15/h2-5,7-10,12,14,17H,6,11H2,1H3. The lowest BCUT2D eigenvalue weighted by atomic mass is 9.93. The van der Waals surface area contributed by atoms with Crippen LogP contribution in [0.3, 0.4) is 0 Å². The van der Waals surface area contributed by atoms with Crippen molar-refractivity contribution in [1.29, 1.82) is 0 Å². The molecule has 0 aromatic heterocycles. The number of rotatable bonds is 3. The second-order valence-corrected chi connectivity index (χ2v) is 4.60. The molecule has 0 saturated heterocycles. The van der Waals surface area contributed by atoms with E-state index in [1.807, 2.05) is 12.1 Å². The van der Waals surface area contributed by atoms with E-state index in [-0.39, 0.29) is 0 Å². The summed E-state index contributed by atoms with van der Waals surface area (Å²) in [5.41, 5.74) is 2.52. The molecule has 17 heavy (non-hydrogen) atoms. The second kappa shape index (κ2) is 5.53. The van der Waals surface area contributed by atoms with Crippen molar-refractivity contribution in [2.75, 3.05) is 0 Å². The van der Waals surface area contributed by atoms with Gasteiger partial charge in [-0.2, -0.15) is 0 Å². The molecule has 1 nitrogen and oxygen atoms in total. The Labute approximate surface area is 103 Å². The van der Waals surface area contributed by atoms with Crippen LogP contribution < -0.4 is 0 Å². The molecule has 2 rings (SSSR count). The Kier molecular flexibility index (Phi) is 3.81. The van der Waals surface area contributed by atoms with Crippen molar-refractivity contribution in [3.8, 4) is 5.75 Å². The Morgan fingerprint density at radius 3 is 2.71 bits per heavy atom. The Bertz CT molecular complexity index is 449. The minimum absolute atomic E-state index is 0.320. The van der Waals surface area contributed by atoms with Crippen LogP contribution in [-0.2, 0) is 0 Å². The predicted octanol–water partition coefficient (Wildman–Crippen LogP) is 4.32. The van der Waals surface area contributed by atoms with Crippen LogP contribution in [0, 0.1) is 5.92 Å². The number of hydrogen-bond acceptors (Lipinski definition) is 1. The maximum absolute atomic E-state index is 9.21. The topological polar surface area (TPSA) is 20.2 Å². The summed E-state index contributed by atoms with van der Waals surface area (Å²) in [4.78, 5) is 0. The molecule has 0 aliphatic heterocycles. The van der Waals surface area contributed by atoms with Crippen LogP contribution in [0.1, 0.15) is 25.3 Å². The molecular formula is C16H18O. The molecule has 0 radical (unpaired) electrons. The van der Waals surface area contributed by atoms with Gasteiger partial charge in [0.15, 0.2) is 0 Å². The minimum Gasteiger partial charge on any atom is -0.508 e. The van der Waals surface area contributed by atoms with Gasteiger partial charge in [0.05, 0.1) is 0 Å². The first-order chi connectivity index (χ1) is 8.24. The van der Waals surface area contributed by atoms with Gasteiger partial charge in [0.25, 0.3) is 0 Å². The molecule has 1 aliphatic rings. The molecule has 88 valence electrons. The van der Waals surface area contributed by atoms with Crippen molar-refractivity contribution in [3.63, 3.8) is 0 Å². The highest BCUT2D eigenvalue weighted by Crippen LogP contribution is 2.22. The number of hydrogen-bond donors (Lipinski definition) is 1. The third kappa shape index (κ3) is 3.63. The fraction of sp³-hybridized carbons (Fsp3) is 0.250. The highest BCUT2D eigenvalue weighted by Gasteiger charge is 2.05. The number of allylic oxidation sites excluding steroid dienone is 5.